The Bertz CT molecular complexity index is 188. The van der Waals surface area contributed by atoms with Gasteiger partial charge in [-0.3, -0.25) is 0 Å². The van der Waals surface area contributed by atoms with Crippen LogP contribution < -0.4 is 17.0 Å². The molecule has 19 heavy (non-hydrogen) atoms. The minimum atomic E-state index is 0. The van der Waals surface area contributed by atoms with Gasteiger partial charge in [-0.05, 0) is 39.0 Å². The van der Waals surface area contributed by atoms with Crippen molar-refractivity contribution in [3.63, 3.8) is 0 Å². The molecule has 116 valence electrons. The molecule has 0 aromatic rings. The van der Waals surface area contributed by atoms with Crippen LogP contribution in [0.1, 0.15) is 84.5 Å². The largest absolute Gasteiger partial charge is 1.00 e. The summed E-state index contributed by atoms with van der Waals surface area (Å²) in [4.78, 5) is 0. The van der Waals surface area contributed by atoms with E-state index < -0.39 is 0 Å². The molecule has 0 amide bonds. The van der Waals surface area contributed by atoms with Crippen LogP contribution in [0.4, 0.5) is 0 Å². The maximum absolute atomic E-state index is 2.40. The lowest BCUT2D eigenvalue weighted by Gasteiger charge is -2.41. The molecule has 1 nitrogen and oxygen atoms in total. The van der Waals surface area contributed by atoms with Crippen LogP contribution in [0, 0.1) is 0 Å². The Kier molecular flexibility index (Phi) is 12.5. The van der Waals surface area contributed by atoms with E-state index in [9.17, 15) is 0 Å². The number of hydrogen-bond acceptors (Lipinski definition) is 0. The van der Waals surface area contributed by atoms with E-state index in [0.29, 0.717) is 0 Å². The second-order valence-electron chi connectivity index (χ2n) is 6.36. The minimum absolute atomic E-state index is 0. The summed E-state index contributed by atoms with van der Waals surface area (Å²) >= 11 is 0. The lowest BCUT2D eigenvalue weighted by molar-refractivity contribution is -0.931. The Hall–Kier alpha value is 0.440. The molecule has 0 aromatic heterocycles. The highest BCUT2D eigenvalue weighted by Gasteiger charge is 2.26. The summed E-state index contributed by atoms with van der Waals surface area (Å²) in [5, 5.41) is 0. The summed E-state index contributed by atoms with van der Waals surface area (Å²) in [6, 6.07) is 0. The summed E-state index contributed by atoms with van der Waals surface area (Å²) in [5.74, 6) is 0. The average Bonchev–Trinajstić information content (AvgIpc) is 2.43. The van der Waals surface area contributed by atoms with Crippen molar-refractivity contribution >= 4 is 0 Å². The monoisotopic (exact) mass is 333 g/mol. The van der Waals surface area contributed by atoms with E-state index in [0.717, 1.165) is 0 Å². The van der Waals surface area contributed by atoms with E-state index in [4.69, 9.17) is 0 Å². The van der Waals surface area contributed by atoms with Gasteiger partial charge in [-0.1, -0.05) is 45.4 Å². The molecule has 1 fully saturated rings. The Morgan fingerprint density at radius 2 is 1.21 bits per heavy atom. The van der Waals surface area contributed by atoms with Gasteiger partial charge in [0.2, 0.25) is 0 Å². The van der Waals surface area contributed by atoms with Crippen molar-refractivity contribution in [2.45, 2.75) is 84.5 Å². The molecule has 2 heteroatoms. The summed E-state index contributed by atoms with van der Waals surface area (Å²) in [5.41, 5.74) is 0. The first-order chi connectivity index (χ1) is 8.83. The summed E-state index contributed by atoms with van der Waals surface area (Å²) in [7, 11) is 0. The van der Waals surface area contributed by atoms with Crippen molar-refractivity contribution in [2.24, 2.45) is 0 Å². The van der Waals surface area contributed by atoms with Crippen LogP contribution in [-0.2, 0) is 0 Å². The van der Waals surface area contributed by atoms with Gasteiger partial charge in [0, 0.05) is 0 Å². The van der Waals surface area contributed by atoms with Crippen LogP contribution in [-0.4, -0.2) is 30.7 Å². The SMILES string of the molecule is CCCCCCCCCC[N+]1(CC)CCCCC1.[Br-]. The van der Waals surface area contributed by atoms with E-state index in [1.165, 1.54) is 101 Å². The summed E-state index contributed by atoms with van der Waals surface area (Å²) < 4.78 is 1.44. The van der Waals surface area contributed by atoms with Gasteiger partial charge >= 0.3 is 0 Å². The van der Waals surface area contributed by atoms with Crippen molar-refractivity contribution in [3.05, 3.63) is 0 Å². The Morgan fingerprint density at radius 3 is 1.74 bits per heavy atom. The highest BCUT2D eigenvalue weighted by molar-refractivity contribution is 4.54. The molecule has 1 aliphatic heterocycles. The van der Waals surface area contributed by atoms with Gasteiger partial charge in [0.1, 0.15) is 0 Å². The van der Waals surface area contributed by atoms with Crippen molar-refractivity contribution in [1.82, 2.24) is 0 Å². The first-order valence-corrected chi connectivity index (χ1v) is 8.68. The second kappa shape index (κ2) is 12.2. The molecule has 1 aliphatic rings. The molecule has 1 heterocycles. The zero-order valence-corrected chi connectivity index (χ0v) is 15.0. The highest BCUT2D eigenvalue weighted by atomic mass is 79.9. The second-order valence-corrected chi connectivity index (χ2v) is 6.36. The molecule has 0 bridgehead atoms. The van der Waals surface area contributed by atoms with Crippen molar-refractivity contribution in [2.75, 3.05) is 26.2 Å². The summed E-state index contributed by atoms with van der Waals surface area (Å²) in [6.07, 6.45) is 16.1. The van der Waals surface area contributed by atoms with E-state index in [-0.39, 0.29) is 17.0 Å². The molecule has 0 unspecified atom stereocenters. The third-order valence-electron chi connectivity index (χ3n) is 4.92. The fourth-order valence-corrected chi connectivity index (χ4v) is 3.46. The molecule has 0 saturated carbocycles. The van der Waals surface area contributed by atoms with Crippen molar-refractivity contribution in [3.8, 4) is 0 Å². The van der Waals surface area contributed by atoms with E-state index >= 15 is 0 Å². The van der Waals surface area contributed by atoms with Crippen LogP contribution in [0.3, 0.4) is 0 Å². The maximum atomic E-state index is 2.40. The Labute approximate surface area is 132 Å². The lowest BCUT2D eigenvalue weighted by Crippen LogP contribution is -3.00. The maximum Gasteiger partial charge on any atom is 0.0786 e. The predicted octanol–water partition coefficient (Wildman–Crippen LogP) is 2.15. The van der Waals surface area contributed by atoms with E-state index in [1.807, 2.05) is 0 Å². The van der Waals surface area contributed by atoms with Crippen LogP contribution in [0.2, 0.25) is 0 Å². The number of rotatable bonds is 10. The number of likely N-dealkylation sites (tertiary alicyclic amines) is 1. The first kappa shape index (κ1) is 19.4. The number of halogens is 1. The fraction of sp³-hybridized carbons (Fsp3) is 1.00. The van der Waals surface area contributed by atoms with Crippen LogP contribution in [0.25, 0.3) is 0 Å². The Balaban J connectivity index is 0.00000324. The predicted molar refractivity (Wildman–Crippen MR) is 81.9 cm³/mol. The normalized spacial score (nSPS) is 18.0. The molecular weight excluding hydrogens is 298 g/mol. The van der Waals surface area contributed by atoms with Crippen molar-refractivity contribution < 1.29 is 21.5 Å². The van der Waals surface area contributed by atoms with Gasteiger partial charge < -0.3 is 21.5 Å². The standard InChI is InChI=1S/C17H36N.BrH/c1-3-5-6-7-8-9-10-12-15-18(4-2)16-13-11-14-17-18;/h3-17H2,1-2H3;1H/q+1;/p-1. The molecule has 0 aliphatic carbocycles. The van der Waals surface area contributed by atoms with Gasteiger partial charge in [-0.25, -0.2) is 0 Å². The van der Waals surface area contributed by atoms with Crippen molar-refractivity contribution in [1.29, 1.82) is 0 Å². The molecule has 1 saturated heterocycles. The molecule has 0 atom stereocenters. The number of quaternary nitrogens is 1. The smallest absolute Gasteiger partial charge is 0.0786 e. The van der Waals surface area contributed by atoms with E-state index in [1.54, 1.807) is 0 Å². The van der Waals surface area contributed by atoms with E-state index in [2.05, 4.69) is 13.8 Å². The third kappa shape index (κ3) is 8.34. The van der Waals surface area contributed by atoms with Gasteiger partial charge in [-0.2, -0.15) is 0 Å². The summed E-state index contributed by atoms with van der Waals surface area (Å²) in [6.45, 7) is 10.5. The van der Waals surface area contributed by atoms with Gasteiger partial charge in [-0.15, -0.1) is 0 Å². The zero-order valence-electron chi connectivity index (χ0n) is 13.4. The Morgan fingerprint density at radius 1 is 0.684 bits per heavy atom. The van der Waals surface area contributed by atoms with Crippen LogP contribution >= 0.6 is 0 Å². The molecule has 0 radical (unpaired) electrons. The lowest BCUT2D eigenvalue weighted by atomic mass is 10.0. The molecule has 0 aromatic carbocycles. The van der Waals surface area contributed by atoms with Gasteiger partial charge in [0.25, 0.3) is 0 Å². The molecule has 0 spiro atoms. The highest BCUT2D eigenvalue weighted by Crippen LogP contribution is 2.20. The average molecular weight is 334 g/mol. The molecular formula is C17H36BrN. The number of nitrogens with zero attached hydrogens (tertiary/aromatic N) is 1. The first-order valence-electron chi connectivity index (χ1n) is 8.68. The number of piperidine rings is 1. The number of unbranched alkanes of at least 4 members (excludes halogenated alkanes) is 7. The van der Waals surface area contributed by atoms with Crippen LogP contribution in [0.15, 0.2) is 0 Å². The fourth-order valence-electron chi connectivity index (χ4n) is 3.46. The molecule has 0 N–H and O–H groups in total. The number of hydrogen-bond donors (Lipinski definition) is 0. The molecule has 1 rings (SSSR count). The van der Waals surface area contributed by atoms with Gasteiger partial charge in [0.05, 0.1) is 26.2 Å². The minimum Gasteiger partial charge on any atom is -1.00 e. The topological polar surface area (TPSA) is 0 Å². The third-order valence-corrected chi connectivity index (χ3v) is 4.92. The quantitative estimate of drug-likeness (QED) is 0.424. The zero-order chi connectivity index (χ0) is 13.1. The van der Waals surface area contributed by atoms with Gasteiger partial charge in [0.15, 0.2) is 0 Å². The van der Waals surface area contributed by atoms with Crippen LogP contribution in [0.5, 0.6) is 0 Å².